The number of fused-ring (bicyclic) bond motifs is 2. The molecule has 0 bridgehead atoms. The van der Waals surface area contributed by atoms with Gasteiger partial charge in [-0.25, -0.2) is 19.9 Å². The molecule has 0 aliphatic heterocycles. The zero-order chi connectivity index (χ0) is 41.3. The van der Waals surface area contributed by atoms with Crippen LogP contribution >= 0.6 is 37.2 Å². The maximum Gasteiger partial charge on any atom is 0.161 e. The molecule has 6 rings (SSSR count). The SMILES string of the molecule is CCOc1cc2c(Nc3ccc(OCCN(CC)CC)cc3)ccnc2nc1C.CCOc1cc2c(Nc3ccc(OCCN(CC)CC)cc3)ccnc2nc1C.Cl.Cl.Cl.O.O. The van der Waals surface area contributed by atoms with Crippen LogP contribution in [-0.2, 0) is 0 Å². The highest BCUT2D eigenvalue weighted by Gasteiger charge is 2.11. The lowest BCUT2D eigenvalue weighted by molar-refractivity contribution is 0.223. The first kappa shape index (κ1) is 58.1. The average Bonchev–Trinajstić information content (AvgIpc) is 3.24. The van der Waals surface area contributed by atoms with Crippen LogP contribution in [0.2, 0.25) is 0 Å². The second-order valence-corrected chi connectivity index (χ2v) is 13.5. The molecule has 0 fully saturated rings. The third-order valence-corrected chi connectivity index (χ3v) is 9.76. The highest BCUT2D eigenvalue weighted by atomic mass is 35.5. The number of benzene rings is 2. The van der Waals surface area contributed by atoms with E-state index in [0.29, 0.717) is 37.7 Å². The van der Waals surface area contributed by atoms with Crippen molar-refractivity contribution in [1.29, 1.82) is 0 Å². The van der Waals surface area contributed by atoms with Crippen molar-refractivity contribution < 1.29 is 29.9 Å². The molecule has 6 N–H and O–H groups in total. The van der Waals surface area contributed by atoms with Crippen LogP contribution in [-0.4, -0.2) is 106 Å². The van der Waals surface area contributed by atoms with Crippen molar-refractivity contribution in [2.24, 2.45) is 0 Å². The van der Waals surface area contributed by atoms with Gasteiger partial charge in [-0.15, -0.1) is 37.2 Å². The number of nitrogens with zero attached hydrogens (tertiary/aromatic N) is 6. The normalized spacial score (nSPS) is 10.2. The topological polar surface area (TPSA) is 182 Å². The van der Waals surface area contributed by atoms with E-state index >= 15 is 0 Å². The third-order valence-electron chi connectivity index (χ3n) is 9.76. The van der Waals surface area contributed by atoms with E-state index in [1.807, 2.05) is 100 Å². The Labute approximate surface area is 391 Å². The first-order valence-corrected chi connectivity index (χ1v) is 20.5. The first-order chi connectivity index (χ1) is 28.3. The molecule has 4 heterocycles. The zero-order valence-corrected chi connectivity index (χ0v) is 40.1. The van der Waals surface area contributed by atoms with Gasteiger partial charge in [-0.1, -0.05) is 27.7 Å². The molecule has 0 saturated heterocycles. The second-order valence-electron chi connectivity index (χ2n) is 13.5. The van der Waals surface area contributed by atoms with E-state index in [2.05, 4.69) is 68.1 Å². The molecule has 63 heavy (non-hydrogen) atoms. The Hall–Kier alpha value is -4.93. The van der Waals surface area contributed by atoms with Gasteiger partial charge in [-0.3, -0.25) is 0 Å². The summed E-state index contributed by atoms with van der Waals surface area (Å²) in [7, 11) is 0. The highest BCUT2D eigenvalue weighted by molar-refractivity contribution is 5.93. The molecule has 0 spiro atoms. The number of nitrogens with one attached hydrogen (secondary N) is 2. The number of rotatable bonds is 20. The number of hydrogen-bond acceptors (Lipinski definition) is 12. The number of likely N-dealkylation sites (N-methyl/N-ethyl adjacent to an activating group) is 2. The predicted octanol–water partition coefficient (Wildman–Crippen LogP) is 9.22. The molecule has 17 heteroatoms. The van der Waals surface area contributed by atoms with Gasteiger partial charge in [0.1, 0.15) is 36.2 Å². The monoisotopic (exact) mass is 932 g/mol. The van der Waals surface area contributed by atoms with Crippen LogP contribution in [0.1, 0.15) is 52.9 Å². The molecule has 0 radical (unpaired) electrons. The van der Waals surface area contributed by atoms with Crippen molar-refractivity contribution >= 4 is 82.0 Å². The van der Waals surface area contributed by atoms with Crippen LogP contribution in [0, 0.1) is 13.8 Å². The summed E-state index contributed by atoms with van der Waals surface area (Å²) in [6.07, 6.45) is 3.53. The Morgan fingerprint density at radius 1 is 0.492 bits per heavy atom. The summed E-state index contributed by atoms with van der Waals surface area (Å²) in [5.74, 6) is 3.32. The van der Waals surface area contributed by atoms with Gasteiger partial charge in [0.05, 0.1) is 36.0 Å². The molecule has 2 aromatic carbocycles. The fourth-order valence-electron chi connectivity index (χ4n) is 6.35. The molecule has 0 atom stereocenters. The number of pyridine rings is 4. The number of aromatic nitrogens is 4. The average molecular weight is 934 g/mol. The molecule has 4 aromatic heterocycles. The van der Waals surface area contributed by atoms with Crippen LogP contribution in [0.4, 0.5) is 22.7 Å². The number of hydrogen-bond donors (Lipinski definition) is 2. The van der Waals surface area contributed by atoms with Crippen molar-refractivity contribution in [3.8, 4) is 23.0 Å². The van der Waals surface area contributed by atoms with Crippen molar-refractivity contribution in [1.82, 2.24) is 29.7 Å². The summed E-state index contributed by atoms with van der Waals surface area (Å²) in [4.78, 5) is 22.6. The molecular formula is C46H67Cl3N8O6. The van der Waals surface area contributed by atoms with E-state index in [0.717, 1.165) is 107 Å². The lowest BCUT2D eigenvalue weighted by Gasteiger charge is -2.18. The van der Waals surface area contributed by atoms with Crippen LogP contribution < -0.4 is 29.6 Å². The standard InChI is InChI=1S/2C23H30N4O2.3ClH.2H2O/c2*1-5-27(6-2)14-15-29-19-10-8-18(9-11-19)26-21-12-13-24-23-20(21)16-22(28-7-3)17(4)25-23;;;;;/h2*8-13,16H,5-7,14-15H2,1-4H3,(H,24,25,26);3*1H;2*1H2. The molecular weight excluding hydrogens is 867 g/mol. The lowest BCUT2D eigenvalue weighted by Crippen LogP contribution is -2.27. The van der Waals surface area contributed by atoms with Crippen molar-refractivity contribution in [3.05, 3.63) is 96.6 Å². The fourth-order valence-corrected chi connectivity index (χ4v) is 6.35. The van der Waals surface area contributed by atoms with Crippen LogP contribution in [0.15, 0.2) is 85.2 Å². The largest absolute Gasteiger partial charge is 0.492 e. The van der Waals surface area contributed by atoms with E-state index in [1.54, 1.807) is 12.4 Å². The predicted molar refractivity (Wildman–Crippen MR) is 266 cm³/mol. The Kier molecular flexibility index (Phi) is 27.8. The summed E-state index contributed by atoms with van der Waals surface area (Å²) in [5.41, 5.74) is 6.93. The fraction of sp³-hybridized carbons (Fsp3) is 0.391. The molecule has 0 saturated carbocycles. The highest BCUT2D eigenvalue weighted by Crippen LogP contribution is 2.31. The second kappa shape index (κ2) is 30.2. The maximum absolute atomic E-state index is 5.87. The quantitative estimate of drug-likeness (QED) is 0.0742. The van der Waals surface area contributed by atoms with Crippen LogP contribution in [0.3, 0.4) is 0 Å². The van der Waals surface area contributed by atoms with E-state index < -0.39 is 0 Å². The maximum atomic E-state index is 5.87. The van der Waals surface area contributed by atoms with E-state index in [9.17, 15) is 0 Å². The van der Waals surface area contributed by atoms with Gasteiger partial charge in [0, 0.05) is 47.6 Å². The summed E-state index contributed by atoms with van der Waals surface area (Å²) in [6, 6.07) is 23.9. The molecule has 348 valence electrons. The molecule has 14 nitrogen and oxygen atoms in total. The molecule has 0 unspecified atom stereocenters. The van der Waals surface area contributed by atoms with Gasteiger partial charge in [0.25, 0.3) is 0 Å². The molecule has 6 aromatic rings. The van der Waals surface area contributed by atoms with Gasteiger partial charge in [-0.05, 0) is 127 Å². The number of aryl methyl sites for hydroxylation is 2. The van der Waals surface area contributed by atoms with Gasteiger partial charge in [-0.2, -0.15) is 0 Å². The Balaban J connectivity index is 0.00000113. The van der Waals surface area contributed by atoms with Gasteiger partial charge >= 0.3 is 0 Å². The Morgan fingerprint density at radius 2 is 0.841 bits per heavy atom. The van der Waals surface area contributed by atoms with E-state index in [-0.39, 0.29) is 48.2 Å². The zero-order valence-electron chi connectivity index (χ0n) is 37.7. The van der Waals surface area contributed by atoms with Crippen molar-refractivity contribution in [2.75, 3.05) is 76.3 Å². The summed E-state index contributed by atoms with van der Waals surface area (Å²) >= 11 is 0. The Morgan fingerprint density at radius 3 is 1.16 bits per heavy atom. The summed E-state index contributed by atoms with van der Waals surface area (Å²) < 4.78 is 23.1. The van der Waals surface area contributed by atoms with Crippen molar-refractivity contribution in [2.45, 2.75) is 55.4 Å². The lowest BCUT2D eigenvalue weighted by atomic mass is 10.2. The minimum atomic E-state index is 0. The number of ether oxygens (including phenoxy) is 4. The van der Waals surface area contributed by atoms with Gasteiger partial charge in [0.15, 0.2) is 11.3 Å². The molecule has 0 aliphatic carbocycles. The first-order valence-electron chi connectivity index (χ1n) is 20.5. The van der Waals surface area contributed by atoms with Gasteiger partial charge < -0.3 is 50.3 Å². The van der Waals surface area contributed by atoms with Crippen LogP contribution in [0.5, 0.6) is 23.0 Å². The third kappa shape index (κ3) is 16.9. The minimum Gasteiger partial charge on any atom is -0.492 e. The summed E-state index contributed by atoms with van der Waals surface area (Å²) in [5, 5.41) is 8.78. The minimum absolute atomic E-state index is 0. The van der Waals surface area contributed by atoms with Crippen molar-refractivity contribution in [3.63, 3.8) is 0 Å². The molecule has 0 aliphatic rings. The van der Waals surface area contributed by atoms with E-state index in [1.165, 1.54) is 0 Å². The molecule has 0 amide bonds. The number of halogens is 3. The van der Waals surface area contributed by atoms with E-state index in [4.69, 9.17) is 18.9 Å². The smallest absolute Gasteiger partial charge is 0.161 e. The summed E-state index contributed by atoms with van der Waals surface area (Å²) in [6.45, 7) is 25.1. The number of anilines is 4. The van der Waals surface area contributed by atoms with Gasteiger partial charge in [0.2, 0.25) is 0 Å². The van der Waals surface area contributed by atoms with Crippen LogP contribution in [0.25, 0.3) is 22.1 Å². The Bertz CT molecular complexity index is 2030.